The monoisotopic (exact) mass is 412 g/mol. The second-order valence-corrected chi connectivity index (χ2v) is 6.83. The summed E-state index contributed by atoms with van der Waals surface area (Å²) < 4.78 is 53.1. The Hall–Kier alpha value is -2.95. The molecule has 0 bridgehead atoms. The van der Waals surface area contributed by atoms with Gasteiger partial charge in [0.1, 0.15) is 11.5 Å². The molecule has 0 radical (unpaired) electrons. The van der Waals surface area contributed by atoms with E-state index in [2.05, 4.69) is 20.6 Å². The fraction of sp³-hybridized carbons (Fsp3) is 0.389. The average molecular weight is 412 g/mol. The van der Waals surface area contributed by atoms with Gasteiger partial charge in [-0.25, -0.2) is 9.37 Å². The van der Waals surface area contributed by atoms with Gasteiger partial charge in [-0.2, -0.15) is 13.2 Å². The number of rotatable bonds is 5. The summed E-state index contributed by atoms with van der Waals surface area (Å²) in [6.45, 7) is 0. The van der Waals surface area contributed by atoms with Gasteiger partial charge in [-0.1, -0.05) is 12.8 Å². The quantitative estimate of drug-likeness (QED) is 0.560. The van der Waals surface area contributed by atoms with E-state index in [0.717, 1.165) is 44.0 Å². The van der Waals surface area contributed by atoms with Crippen LogP contribution < -0.4 is 22.1 Å². The Morgan fingerprint density at radius 3 is 2.55 bits per heavy atom. The van der Waals surface area contributed by atoms with Crippen molar-refractivity contribution in [3.05, 3.63) is 41.5 Å². The van der Waals surface area contributed by atoms with Gasteiger partial charge in [-0.05, 0) is 31.0 Å². The molecule has 1 aliphatic rings. The summed E-state index contributed by atoms with van der Waals surface area (Å²) in [5.74, 6) is -2.13. The molecular weight excluding hydrogens is 392 g/mol. The van der Waals surface area contributed by atoms with Crippen LogP contribution in [0, 0.1) is 5.82 Å². The Bertz CT molecular complexity index is 904. The maximum atomic E-state index is 14.5. The van der Waals surface area contributed by atoms with Crippen molar-refractivity contribution in [1.82, 2.24) is 9.97 Å². The first-order valence-corrected chi connectivity index (χ1v) is 8.98. The number of amides is 1. The van der Waals surface area contributed by atoms with Gasteiger partial charge in [0.05, 0.1) is 5.56 Å². The number of primary amides is 1. The highest BCUT2D eigenvalue weighted by Crippen LogP contribution is 2.31. The van der Waals surface area contributed by atoms with E-state index in [9.17, 15) is 22.4 Å². The largest absolute Gasteiger partial charge is 0.433 e. The minimum absolute atomic E-state index is 0.0331. The molecule has 2 atom stereocenters. The van der Waals surface area contributed by atoms with E-state index in [4.69, 9.17) is 11.5 Å². The molecule has 0 aromatic carbocycles. The summed E-state index contributed by atoms with van der Waals surface area (Å²) in [5, 5.41) is 5.52. The number of anilines is 3. The van der Waals surface area contributed by atoms with Crippen molar-refractivity contribution in [2.24, 2.45) is 11.5 Å². The van der Waals surface area contributed by atoms with Crippen molar-refractivity contribution in [2.75, 3.05) is 10.6 Å². The van der Waals surface area contributed by atoms with Crippen LogP contribution in [0.4, 0.5) is 34.9 Å². The van der Waals surface area contributed by atoms with E-state index in [1.54, 1.807) is 0 Å². The van der Waals surface area contributed by atoms with Crippen LogP contribution >= 0.6 is 0 Å². The van der Waals surface area contributed by atoms with Crippen LogP contribution in [0.1, 0.15) is 41.7 Å². The predicted octanol–water partition coefficient (Wildman–Crippen LogP) is 3.16. The number of nitrogens with one attached hydrogen (secondary N) is 2. The number of halogens is 4. The van der Waals surface area contributed by atoms with Gasteiger partial charge < -0.3 is 22.1 Å². The lowest BCUT2D eigenvalue weighted by Crippen LogP contribution is -2.43. The fourth-order valence-corrected chi connectivity index (χ4v) is 3.19. The number of carbonyl (C=O) groups is 1. The van der Waals surface area contributed by atoms with Crippen molar-refractivity contribution >= 4 is 23.2 Å². The van der Waals surface area contributed by atoms with Gasteiger partial charge in [0.2, 0.25) is 0 Å². The summed E-state index contributed by atoms with van der Waals surface area (Å²) in [7, 11) is 0. The highest BCUT2D eigenvalue weighted by atomic mass is 19.4. The molecule has 0 unspecified atom stereocenters. The van der Waals surface area contributed by atoms with Crippen LogP contribution in [-0.4, -0.2) is 28.0 Å². The number of alkyl halides is 3. The molecule has 2 heterocycles. The van der Waals surface area contributed by atoms with E-state index >= 15 is 0 Å². The molecular formula is C18H20F4N6O. The standard InChI is InChI=1S/C18H20F4N6O/c19-11-8-10(15(24)29)16(26-9-5-6-25-14(7-9)18(20,21)22)28-17(11)27-13-4-2-1-3-12(13)23/h5-8,12-13H,1-4,23H2,(H2,24,29)(H2,25,26,27,28)/t12-,13+/m0/s1. The first-order chi connectivity index (χ1) is 13.6. The van der Waals surface area contributed by atoms with Crippen molar-refractivity contribution in [3.8, 4) is 0 Å². The van der Waals surface area contributed by atoms with Crippen molar-refractivity contribution in [2.45, 2.75) is 43.9 Å². The van der Waals surface area contributed by atoms with Gasteiger partial charge in [0, 0.05) is 24.0 Å². The van der Waals surface area contributed by atoms with Gasteiger partial charge in [-0.3, -0.25) is 9.78 Å². The van der Waals surface area contributed by atoms with Crippen LogP contribution in [0.3, 0.4) is 0 Å². The number of nitrogens with zero attached hydrogens (tertiary/aromatic N) is 2. The van der Waals surface area contributed by atoms with Crippen LogP contribution in [0.25, 0.3) is 0 Å². The molecule has 11 heteroatoms. The Labute approximate surface area is 163 Å². The molecule has 156 valence electrons. The first kappa shape index (κ1) is 20.8. The third-order valence-corrected chi connectivity index (χ3v) is 4.70. The topological polar surface area (TPSA) is 119 Å². The summed E-state index contributed by atoms with van der Waals surface area (Å²) >= 11 is 0. The maximum Gasteiger partial charge on any atom is 0.433 e. The summed E-state index contributed by atoms with van der Waals surface area (Å²) in [4.78, 5) is 19.0. The minimum atomic E-state index is -4.65. The normalized spacial score (nSPS) is 19.6. The molecule has 0 saturated heterocycles. The fourth-order valence-electron chi connectivity index (χ4n) is 3.19. The number of nitrogens with two attached hydrogens (primary N) is 2. The Morgan fingerprint density at radius 1 is 1.17 bits per heavy atom. The third kappa shape index (κ3) is 4.91. The molecule has 2 aromatic heterocycles. The second-order valence-electron chi connectivity index (χ2n) is 6.83. The second kappa shape index (κ2) is 8.19. The van der Waals surface area contributed by atoms with Crippen LogP contribution in [0.5, 0.6) is 0 Å². The molecule has 1 fully saturated rings. The summed E-state index contributed by atoms with van der Waals surface area (Å²) in [6.07, 6.45) is -0.285. The highest BCUT2D eigenvalue weighted by Gasteiger charge is 2.32. The van der Waals surface area contributed by atoms with Crippen LogP contribution in [0.15, 0.2) is 24.4 Å². The molecule has 7 nitrogen and oxygen atoms in total. The van der Waals surface area contributed by atoms with E-state index in [-0.39, 0.29) is 35.0 Å². The van der Waals surface area contributed by atoms with Crippen molar-refractivity contribution in [1.29, 1.82) is 0 Å². The third-order valence-electron chi connectivity index (χ3n) is 4.70. The molecule has 0 aliphatic heterocycles. The summed E-state index contributed by atoms with van der Waals surface area (Å²) in [6, 6.07) is 2.50. The van der Waals surface area contributed by atoms with Crippen LogP contribution in [0.2, 0.25) is 0 Å². The highest BCUT2D eigenvalue weighted by molar-refractivity contribution is 5.98. The molecule has 29 heavy (non-hydrogen) atoms. The maximum absolute atomic E-state index is 14.5. The lowest BCUT2D eigenvalue weighted by Gasteiger charge is -2.30. The number of aromatic nitrogens is 2. The lowest BCUT2D eigenvalue weighted by molar-refractivity contribution is -0.141. The Morgan fingerprint density at radius 2 is 1.90 bits per heavy atom. The van der Waals surface area contributed by atoms with E-state index < -0.39 is 23.6 Å². The number of hydrogen-bond acceptors (Lipinski definition) is 6. The Kier molecular flexibility index (Phi) is 5.87. The SMILES string of the molecule is NC(=O)c1cc(F)c(N[C@@H]2CCCC[C@@H]2N)nc1Nc1ccnc(C(F)(F)F)c1. The smallest absolute Gasteiger partial charge is 0.365 e. The zero-order valence-electron chi connectivity index (χ0n) is 15.3. The average Bonchev–Trinajstić information content (AvgIpc) is 2.65. The minimum Gasteiger partial charge on any atom is -0.365 e. The molecule has 0 spiro atoms. The number of hydrogen-bond donors (Lipinski definition) is 4. The lowest BCUT2D eigenvalue weighted by atomic mass is 9.91. The van der Waals surface area contributed by atoms with Crippen molar-refractivity contribution in [3.63, 3.8) is 0 Å². The molecule has 6 N–H and O–H groups in total. The molecule has 1 aliphatic carbocycles. The zero-order valence-corrected chi connectivity index (χ0v) is 15.3. The predicted molar refractivity (Wildman–Crippen MR) is 99.1 cm³/mol. The van der Waals surface area contributed by atoms with Crippen molar-refractivity contribution < 1.29 is 22.4 Å². The van der Waals surface area contributed by atoms with E-state index in [0.29, 0.717) is 0 Å². The van der Waals surface area contributed by atoms with E-state index in [1.807, 2.05) is 0 Å². The first-order valence-electron chi connectivity index (χ1n) is 8.98. The molecule has 1 saturated carbocycles. The molecule has 3 rings (SSSR count). The van der Waals surface area contributed by atoms with Gasteiger partial charge in [-0.15, -0.1) is 0 Å². The zero-order chi connectivity index (χ0) is 21.2. The van der Waals surface area contributed by atoms with E-state index in [1.165, 1.54) is 6.07 Å². The summed E-state index contributed by atoms with van der Waals surface area (Å²) in [5.41, 5.74) is 9.87. The Balaban J connectivity index is 1.93. The van der Waals surface area contributed by atoms with Gasteiger partial charge in [0.15, 0.2) is 11.6 Å². The molecule has 2 aromatic rings. The number of pyridine rings is 2. The number of carbonyl (C=O) groups excluding carboxylic acids is 1. The molecule has 1 amide bonds. The van der Waals surface area contributed by atoms with Gasteiger partial charge in [0.25, 0.3) is 5.91 Å². The van der Waals surface area contributed by atoms with Gasteiger partial charge >= 0.3 is 6.18 Å². The van der Waals surface area contributed by atoms with Crippen LogP contribution in [-0.2, 0) is 6.18 Å².